The number of nitrogens with zero attached hydrogens (tertiary/aromatic N) is 3. The Morgan fingerprint density at radius 3 is 2.88 bits per heavy atom. The molecule has 0 atom stereocenters. The number of fused-ring (bicyclic) bond motifs is 1. The highest BCUT2D eigenvalue weighted by Crippen LogP contribution is 2.23. The number of imidazole rings is 1. The average molecular weight is 211 g/mol. The second-order valence-electron chi connectivity index (χ2n) is 3.43. The maximum absolute atomic E-state index is 5.88. The summed E-state index contributed by atoms with van der Waals surface area (Å²) in [5, 5.41) is 0. The Kier molecular flexibility index (Phi) is 1.83. The Morgan fingerprint density at radius 2 is 2.06 bits per heavy atom. The van der Waals surface area contributed by atoms with Crippen LogP contribution >= 0.6 is 0 Å². The summed E-state index contributed by atoms with van der Waals surface area (Å²) >= 11 is 0. The van der Waals surface area contributed by atoms with Crippen molar-refractivity contribution in [1.82, 2.24) is 19.9 Å². The number of benzene rings is 1. The van der Waals surface area contributed by atoms with Crippen LogP contribution in [0.15, 0.2) is 36.8 Å². The molecule has 0 aliphatic heterocycles. The van der Waals surface area contributed by atoms with E-state index in [9.17, 15) is 0 Å². The first-order chi connectivity index (χ1) is 7.84. The number of nitrogens with two attached hydrogens (primary N) is 1. The molecule has 0 amide bonds. The Hall–Kier alpha value is -2.43. The Morgan fingerprint density at radius 1 is 1.19 bits per heavy atom. The molecule has 78 valence electrons. The minimum Gasteiger partial charge on any atom is -0.398 e. The van der Waals surface area contributed by atoms with Crippen molar-refractivity contribution in [2.45, 2.75) is 0 Å². The minimum atomic E-state index is 0.647. The third-order valence-electron chi connectivity index (χ3n) is 2.38. The molecule has 16 heavy (non-hydrogen) atoms. The van der Waals surface area contributed by atoms with E-state index in [0.29, 0.717) is 17.2 Å². The summed E-state index contributed by atoms with van der Waals surface area (Å²) < 4.78 is 0. The van der Waals surface area contributed by atoms with Crippen LogP contribution in [-0.4, -0.2) is 19.9 Å². The first kappa shape index (κ1) is 8.84. The van der Waals surface area contributed by atoms with Crippen molar-refractivity contribution >= 4 is 16.9 Å². The van der Waals surface area contributed by atoms with Crippen LogP contribution < -0.4 is 5.73 Å². The summed E-state index contributed by atoms with van der Waals surface area (Å²) in [6.07, 6.45) is 3.17. The fourth-order valence-corrected chi connectivity index (χ4v) is 1.60. The number of hydrogen-bond acceptors (Lipinski definition) is 4. The van der Waals surface area contributed by atoms with E-state index < -0.39 is 0 Å². The van der Waals surface area contributed by atoms with Crippen LogP contribution in [0.5, 0.6) is 0 Å². The number of anilines is 1. The molecule has 0 saturated heterocycles. The van der Waals surface area contributed by atoms with E-state index in [1.165, 1.54) is 6.33 Å². The highest BCUT2D eigenvalue weighted by Gasteiger charge is 2.07. The molecule has 5 nitrogen and oxygen atoms in total. The molecule has 2 aromatic heterocycles. The Balaban J connectivity index is 2.23. The normalized spacial score (nSPS) is 10.8. The standard InChI is InChI=1S/C11H9N5/c12-8-4-2-1-3-7(8)10-15-9-5-13-6-14-11(9)16-10/h1-6H,12H2,(H,13,14,15,16). The topological polar surface area (TPSA) is 80.5 Å². The van der Waals surface area contributed by atoms with Crippen LogP contribution in [0.2, 0.25) is 0 Å². The van der Waals surface area contributed by atoms with Crippen molar-refractivity contribution in [3.63, 3.8) is 0 Å². The van der Waals surface area contributed by atoms with Gasteiger partial charge in [0.05, 0.1) is 6.20 Å². The molecule has 0 unspecified atom stereocenters. The SMILES string of the molecule is Nc1ccccc1-c1nc2ncncc2[nH]1. The number of aromatic nitrogens is 4. The number of nitrogen functional groups attached to an aromatic ring is 1. The summed E-state index contributed by atoms with van der Waals surface area (Å²) in [6, 6.07) is 7.57. The summed E-state index contributed by atoms with van der Waals surface area (Å²) in [4.78, 5) is 15.5. The summed E-state index contributed by atoms with van der Waals surface area (Å²) in [6.45, 7) is 0. The number of H-pyrrole nitrogens is 1. The zero-order valence-electron chi connectivity index (χ0n) is 8.38. The average Bonchev–Trinajstić information content (AvgIpc) is 2.73. The van der Waals surface area contributed by atoms with Crippen molar-refractivity contribution in [2.75, 3.05) is 5.73 Å². The van der Waals surface area contributed by atoms with Gasteiger partial charge in [0.2, 0.25) is 0 Å². The smallest absolute Gasteiger partial charge is 0.181 e. The molecule has 0 fully saturated rings. The molecule has 0 radical (unpaired) electrons. The maximum atomic E-state index is 5.88. The van der Waals surface area contributed by atoms with Crippen LogP contribution in [0.4, 0.5) is 5.69 Å². The van der Waals surface area contributed by atoms with Crippen LogP contribution in [0.1, 0.15) is 0 Å². The van der Waals surface area contributed by atoms with Crippen molar-refractivity contribution < 1.29 is 0 Å². The van der Waals surface area contributed by atoms with E-state index in [1.807, 2.05) is 24.3 Å². The molecule has 0 saturated carbocycles. The van der Waals surface area contributed by atoms with Crippen molar-refractivity contribution in [2.24, 2.45) is 0 Å². The van der Waals surface area contributed by atoms with Crippen LogP contribution in [-0.2, 0) is 0 Å². The molecule has 0 aliphatic carbocycles. The van der Waals surface area contributed by atoms with E-state index in [1.54, 1.807) is 6.20 Å². The van der Waals surface area contributed by atoms with Gasteiger partial charge >= 0.3 is 0 Å². The number of hydrogen-bond donors (Lipinski definition) is 2. The van der Waals surface area contributed by atoms with Gasteiger partial charge < -0.3 is 10.7 Å². The number of nitrogens with one attached hydrogen (secondary N) is 1. The minimum absolute atomic E-state index is 0.647. The zero-order valence-corrected chi connectivity index (χ0v) is 8.38. The van der Waals surface area contributed by atoms with Gasteiger partial charge in [-0.25, -0.2) is 15.0 Å². The molecular weight excluding hydrogens is 202 g/mol. The lowest BCUT2D eigenvalue weighted by atomic mass is 10.2. The molecule has 3 N–H and O–H groups in total. The van der Waals surface area contributed by atoms with Gasteiger partial charge in [0.1, 0.15) is 17.7 Å². The Labute approximate surface area is 91.4 Å². The van der Waals surface area contributed by atoms with Crippen molar-refractivity contribution in [3.8, 4) is 11.4 Å². The molecule has 5 heteroatoms. The molecule has 3 aromatic rings. The molecule has 0 bridgehead atoms. The van der Waals surface area contributed by atoms with Gasteiger partial charge in [-0.1, -0.05) is 12.1 Å². The highest BCUT2D eigenvalue weighted by molar-refractivity contribution is 5.79. The molecule has 1 aromatic carbocycles. The lowest BCUT2D eigenvalue weighted by Crippen LogP contribution is -1.90. The second-order valence-corrected chi connectivity index (χ2v) is 3.43. The van der Waals surface area contributed by atoms with Crippen molar-refractivity contribution in [3.05, 3.63) is 36.8 Å². The highest BCUT2D eigenvalue weighted by atomic mass is 15.0. The molecule has 0 aliphatic rings. The number of rotatable bonds is 1. The predicted octanol–water partition coefficient (Wildman–Crippen LogP) is 1.60. The van der Waals surface area contributed by atoms with E-state index >= 15 is 0 Å². The molecular formula is C11H9N5. The first-order valence-electron chi connectivity index (χ1n) is 4.85. The number of para-hydroxylation sites is 1. The van der Waals surface area contributed by atoms with Gasteiger partial charge in [-0.05, 0) is 12.1 Å². The second kappa shape index (κ2) is 3.30. The maximum Gasteiger partial charge on any atom is 0.181 e. The largest absolute Gasteiger partial charge is 0.398 e. The lowest BCUT2D eigenvalue weighted by Gasteiger charge is -1.99. The van der Waals surface area contributed by atoms with E-state index in [-0.39, 0.29) is 0 Å². The van der Waals surface area contributed by atoms with Gasteiger partial charge in [0, 0.05) is 11.3 Å². The van der Waals surface area contributed by atoms with Crippen LogP contribution in [0.3, 0.4) is 0 Å². The molecule has 3 rings (SSSR count). The van der Waals surface area contributed by atoms with Crippen LogP contribution in [0, 0.1) is 0 Å². The number of aromatic amines is 1. The monoisotopic (exact) mass is 211 g/mol. The molecule has 2 heterocycles. The summed E-state index contributed by atoms with van der Waals surface area (Å²) in [5.41, 5.74) is 8.90. The van der Waals surface area contributed by atoms with Gasteiger partial charge in [0.15, 0.2) is 5.65 Å². The first-order valence-corrected chi connectivity index (χ1v) is 4.85. The summed E-state index contributed by atoms with van der Waals surface area (Å²) in [5.74, 6) is 0.716. The third-order valence-corrected chi connectivity index (χ3v) is 2.38. The third kappa shape index (κ3) is 1.30. The summed E-state index contributed by atoms with van der Waals surface area (Å²) in [7, 11) is 0. The Bertz CT molecular complexity index is 610. The fourth-order valence-electron chi connectivity index (χ4n) is 1.60. The molecule has 0 spiro atoms. The lowest BCUT2D eigenvalue weighted by molar-refractivity contribution is 1.20. The van der Waals surface area contributed by atoms with Crippen LogP contribution in [0.25, 0.3) is 22.6 Å². The van der Waals surface area contributed by atoms with Gasteiger partial charge in [-0.2, -0.15) is 0 Å². The fraction of sp³-hybridized carbons (Fsp3) is 0. The zero-order chi connectivity index (χ0) is 11.0. The quantitative estimate of drug-likeness (QED) is 0.599. The van der Waals surface area contributed by atoms with Gasteiger partial charge in [-0.15, -0.1) is 0 Å². The van der Waals surface area contributed by atoms with E-state index in [0.717, 1.165) is 11.1 Å². The van der Waals surface area contributed by atoms with E-state index in [4.69, 9.17) is 5.73 Å². The van der Waals surface area contributed by atoms with Gasteiger partial charge in [0.25, 0.3) is 0 Å². The van der Waals surface area contributed by atoms with Gasteiger partial charge in [-0.3, -0.25) is 0 Å². The van der Waals surface area contributed by atoms with Crippen molar-refractivity contribution in [1.29, 1.82) is 0 Å². The van der Waals surface area contributed by atoms with E-state index in [2.05, 4.69) is 19.9 Å². The predicted molar refractivity (Wildman–Crippen MR) is 61.5 cm³/mol.